The molecule has 0 radical (unpaired) electrons. The van der Waals surface area contributed by atoms with Gasteiger partial charge in [0.1, 0.15) is 10.7 Å². The lowest BCUT2D eigenvalue weighted by Gasteiger charge is -2.10. The predicted octanol–water partition coefficient (Wildman–Crippen LogP) is 2.73. The number of nitrogens with two attached hydrogens (primary N) is 1. The van der Waals surface area contributed by atoms with Crippen LogP contribution in [0.5, 0.6) is 0 Å². The van der Waals surface area contributed by atoms with Crippen molar-refractivity contribution in [1.82, 2.24) is 0 Å². The maximum Gasteiger partial charge on any atom is 0.263 e. The standard InChI is InChI=1S/C13H9ClFN3O2S/c14-10-5-11(15)12(17)6-13(10)21(19,20)18-9-3-1-2-8(4-9)7-16/h1-6,18H,17H2. The fourth-order valence-electron chi connectivity index (χ4n) is 1.61. The molecule has 0 atom stereocenters. The third kappa shape index (κ3) is 3.24. The van der Waals surface area contributed by atoms with E-state index in [1.807, 2.05) is 6.07 Å². The minimum Gasteiger partial charge on any atom is -0.396 e. The van der Waals surface area contributed by atoms with E-state index in [1.54, 1.807) is 0 Å². The summed E-state index contributed by atoms with van der Waals surface area (Å²) < 4.78 is 39.9. The molecular formula is C13H9ClFN3O2S. The van der Waals surface area contributed by atoms with Crippen molar-refractivity contribution in [2.45, 2.75) is 4.90 Å². The van der Waals surface area contributed by atoms with E-state index in [0.29, 0.717) is 5.56 Å². The summed E-state index contributed by atoms with van der Waals surface area (Å²) in [4.78, 5) is -0.342. The fraction of sp³-hybridized carbons (Fsp3) is 0. The molecule has 0 bridgehead atoms. The van der Waals surface area contributed by atoms with E-state index in [-0.39, 0.29) is 21.3 Å². The minimum absolute atomic E-state index is 0.188. The van der Waals surface area contributed by atoms with Gasteiger partial charge >= 0.3 is 0 Å². The first-order chi connectivity index (χ1) is 9.83. The van der Waals surface area contributed by atoms with Crippen LogP contribution in [-0.2, 0) is 10.0 Å². The molecule has 108 valence electrons. The van der Waals surface area contributed by atoms with E-state index in [4.69, 9.17) is 22.6 Å². The molecular weight excluding hydrogens is 317 g/mol. The Morgan fingerprint density at radius 1 is 1.29 bits per heavy atom. The number of nitrogens with zero attached hydrogens (tertiary/aromatic N) is 1. The topological polar surface area (TPSA) is 96.0 Å². The molecule has 2 aromatic rings. The van der Waals surface area contributed by atoms with E-state index >= 15 is 0 Å². The maximum absolute atomic E-state index is 13.2. The summed E-state index contributed by atoms with van der Waals surface area (Å²) in [6.07, 6.45) is 0. The van der Waals surface area contributed by atoms with Gasteiger partial charge in [-0.3, -0.25) is 4.72 Å². The third-order valence-electron chi connectivity index (χ3n) is 2.58. The molecule has 21 heavy (non-hydrogen) atoms. The molecule has 5 nitrogen and oxygen atoms in total. The number of anilines is 2. The third-order valence-corrected chi connectivity index (χ3v) is 4.43. The minimum atomic E-state index is -4.05. The molecule has 0 aromatic heterocycles. The quantitative estimate of drug-likeness (QED) is 0.848. The summed E-state index contributed by atoms with van der Waals surface area (Å²) in [5.41, 5.74) is 5.51. The van der Waals surface area contributed by atoms with Gasteiger partial charge in [-0.05, 0) is 30.3 Å². The Labute approximate surface area is 125 Å². The van der Waals surface area contributed by atoms with Gasteiger partial charge in [-0.2, -0.15) is 5.26 Å². The summed E-state index contributed by atoms with van der Waals surface area (Å²) in [5, 5.41) is 8.50. The van der Waals surface area contributed by atoms with Crippen molar-refractivity contribution >= 4 is 33.0 Å². The Kier molecular flexibility index (Phi) is 4.02. The number of hydrogen-bond donors (Lipinski definition) is 2. The molecule has 2 rings (SSSR count). The Morgan fingerprint density at radius 3 is 2.67 bits per heavy atom. The highest BCUT2D eigenvalue weighted by Gasteiger charge is 2.20. The van der Waals surface area contributed by atoms with Crippen molar-refractivity contribution in [2.24, 2.45) is 0 Å². The fourth-order valence-corrected chi connectivity index (χ4v) is 3.21. The Balaban J connectivity index is 2.43. The molecule has 2 aromatic carbocycles. The van der Waals surface area contributed by atoms with E-state index in [2.05, 4.69) is 4.72 Å². The number of nitrogen functional groups attached to an aromatic ring is 1. The van der Waals surface area contributed by atoms with E-state index in [0.717, 1.165) is 12.1 Å². The molecule has 0 aliphatic rings. The molecule has 0 unspecified atom stereocenters. The molecule has 0 saturated heterocycles. The van der Waals surface area contributed by atoms with Crippen molar-refractivity contribution in [1.29, 1.82) is 5.26 Å². The average Bonchev–Trinajstić information content (AvgIpc) is 2.42. The maximum atomic E-state index is 13.2. The summed E-state index contributed by atoms with van der Waals surface area (Å²) >= 11 is 5.74. The van der Waals surface area contributed by atoms with Crippen LogP contribution in [-0.4, -0.2) is 8.42 Å². The predicted molar refractivity (Wildman–Crippen MR) is 77.8 cm³/mol. The number of nitrogens with one attached hydrogen (secondary N) is 1. The van der Waals surface area contributed by atoms with Gasteiger partial charge in [0.05, 0.1) is 28.0 Å². The van der Waals surface area contributed by atoms with Crippen molar-refractivity contribution < 1.29 is 12.8 Å². The van der Waals surface area contributed by atoms with Gasteiger partial charge < -0.3 is 5.73 Å². The molecule has 3 N–H and O–H groups in total. The second-order valence-electron chi connectivity index (χ2n) is 4.10. The zero-order chi connectivity index (χ0) is 15.6. The Bertz CT molecular complexity index is 847. The lowest BCUT2D eigenvalue weighted by molar-refractivity contribution is 0.600. The first kappa shape index (κ1) is 15.1. The van der Waals surface area contributed by atoms with Gasteiger partial charge in [0.15, 0.2) is 0 Å². The zero-order valence-corrected chi connectivity index (χ0v) is 12.0. The SMILES string of the molecule is N#Cc1cccc(NS(=O)(=O)c2cc(N)c(F)cc2Cl)c1. The average molecular weight is 326 g/mol. The van der Waals surface area contributed by atoms with Crippen molar-refractivity contribution in [2.75, 3.05) is 10.5 Å². The summed E-state index contributed by atoms with van der Waals surface area (Å²) in [6, 6.07) is 9.54. The molecule has 0 saturated carbocycles. The second kappa shape index (κ2) is 5.60. The Morgan fingerprint density at radius 2 is 2.00 bits per heavy atom. The monoisotopic (exact) mass is 325 g/mol. The van der Waals surface area contributed by atoms with Crippen molar-refractivity contribution in [3.05, 3.63) is 52.8 Å². The van der Waals surface area contributed by atoms with Crippen LogP contribution in [0.4, 0.5) is 15.8 Å². The first-order valence-corrected chi connectivity index (χ1v) is 7.47. The molecule has 0 spiro atoms. The smallest absolute Gasteiger partial charge is 0.263 e. The van der Waals surface area contributed by atoms with Crippen LogP contribution in [0, 0.1) is 17.1 Å². The van der Waals surface area contributed by atoms with Crippen LogP contribution < -0.4 is 10.5 Å². The van der Waals surface area contributed by atoms with Crippen LogP contribution in [0.2, 0.25) is 5.02 Å². The largest absolute Gasteiger partial charge is 0.396 e. The first-order valence-electron chi connectivity index (χ1n) is 5.61. The number of nitriles is 1. The van der Waals surface area contributed by atoms with Gasteiger partial charge in [-0.15, -0.1) is 0 Å². The number of sulfonamides is 1. The van der Waals surface area contributed by atoms with Crippen LogP contribution in [0.25, 0.3) is 0 Å². The van der Waals surface area contributed by atoms with Crippen LogP contribution in [0.15, 0.2) is 41.3 Å². The molecule has 8 heteroatoms. The van der Waals surface area contributed by atoms with E-state index < -0.39 is 15.8 Å². The second-order valence-corrected chi connectivity index (χ2v) is 6.16. The van der Waals surface area contributed by atoms with Crippen molar-refractivity contribution in [3.8, 4) is 6.07 Å². The highest BCUT2D eigenvalue weighted by molar-refractivity contribution is 7.92. The van der Waals surface area contributed by atoms with Crippen LogP contribution in [0.1, 0.15) is 5.56 Å². The molecule has 0 heterocycles. The van der Waals surface area contributed by atoms with Crippen LogP contribution >= 0.6 is 11.6 Å². The normalized spacial score (nSPS) is 10.9. The molecule has 0 fully saturated rings. The number of hydrogen-bond acceptors (Lipinski definition) is 4. The van der Waals surface area contributed by atoms with Gasteiger partial charge in [0, 0.05) is 0 Å². The lowest BCUT2D eigenvalue weighted by Crippen LogP contribution is -2.14. The number of halogens is 2. The van der Waals surface area contributed by atoms with Crippen LogP contribution in [0.3, 0.4) is 0 Å². The van der Waals surface area contributed by atoms with E-state index in [1.165, 1.54) is 24.3 Å². The summed E-state index contributed by atoms with van der Waals surface area (Å²) in [5.74, 6) is -0.801. The summed E-state index contributed by atoms with van der Waals surface area (Å²) in [7, 11) is -4.05. The van der Waals surface area contributed by atoms with Crippen molar-refractivity contribution in [3.63, 3.8) is 0 Å². The molecule has 0 amide bonds. The van der Waals surface area contributed by atoms with Gasteiger partial charge in [0.2, 0.25) is 0 Å². The highest BCUT2D eigenvalue weighted by atomic mass is 35.5. The lowest BCUT2D eigenvalue weighted by atomic mass is 10.2. The molecule has 0 aliphatic carbocycles. The number of benzene rings is 2. The van der Waals surface area contributed by atoms with Gasteiger partial charge in [-0.1, -0.05) is 17.7 Å². The van der Waals surface area contributed by atoms with Gasteiger partial charge in [-0.25, -0.2) is 12.8 Å². The zero-order valence-electron chi connectivity index (χ0n) is 10.5. The summed E-state index contributed by atoms with van der Waals surface area (Å²) in [6.45, 7) is 0. The molecule has 0 aliphatic heterocycles. The Hall–Kier alpha value is -2.30. The van der Waals surface area contributed by atoms with Gasteiger partial charge in [0.25, 0.3) is 10.0 Å². The highest BCUT2D eigenvalue weighted by Crippen LogP contribution is 2.28. The van der Waals surface area contributed by atoms with E-state index in [9.17, 15) is 12.8 Å². The number of rotatable bonds is 3.